The summed E-state index contributed by atoms with van der Waals surface area (Å²) in [6.07, 6.45) is 3.16. The SMILES string of the molecule is CC1(C)CC(=O)Nc2c(C(O)CN3CCCC(Cc4ccccc4)C3)cc(Cl)cc21. The molecule has 2 aromatic carbocycles. The van der Waals surface area contributed by atoms with E-state index < -0.39 is 6.10 Å². The number of amides is 1. The number of nitrogens with one attached hydrogen (secondary N) is 1. The molecule has 0 aliphatic carbocycles. The van der Waals surface area contributed by atoms with Crippen LogP contribution >= 0.6 is 11.6 Å². The highest BCUT2D eigenvalue weighted by molar-refractivity contribution is 6.31. The highest BCUT2D eigenvalue weighted by Gasteiger charge is 2.35. The number of hydrogen-bond donors (Lipinski definition) is 2. The van der Waals surface area contributed by atoms with Crippen LogP contribution in [-0.2, 0) is 16.6 Å². The number of fused-ring (bicyclic) bond motifs is 1. The minimum Gasteiger partial charge on any atom is -0.387 e. The Morgan fingerprint density at radius 2 is 2.03 bits per heavy atom. The van der Waals surface area contributed by atoms with E-state index in [0.29, 0.717) is 23.9 Å². The molecular weight excluding hydrogens is 396 g/mol. The van der Waals surface area contributed by atoms with Gasteiger partial charge in [0.2, 0.25) is 5.91 Å². The normalized spacial score (nSPS) is 22.3. The second kappa shape index (κ2) is 8.70. The number of carbonyl (C=O) groups excluding carboxylic acids is 1. The lowest BCUT2D eigenvalue weighted by Gasteiger charge is -2.36. The van der Waals surface area contributed by atoms with Gasteiger partial charge in [0.25, 0.3) is 0 Å². The number of halogens is 1. The van der Waals surface area contributed by atoms with Crippen molar-refractivity contribution in [2.24, 2.45) is 5.92 Å². The van der Waals surface area contributed by atoms with Crippen LogP contribution in [0.3, 0.4) is 0 Å². The molecular formula is C25H31ClN2O2. The van der Waals surface area contributed by atoms with E-state index in [1.807, 2.05) is 6.07 Å². The fourth-order valence-electron chi connectivity index (χ4n) is 5.02. The summed E-state index contributed by atoms with van der Waals surface area (Å²) >= 11 is 6.41. The van der Waals surface area contributed by atoms with E-state index in [0.717, 1.165) is 42.7 Å². The Hall–Kier alpha value is -1.88. The number of aliphatic hydroxyl groups excluding tert-OH is 1. The van der Waals surface area contributed by atoms with E-state index in [-0.39, 0.29) is 11.3 Å². The Labute approximate surface area is 184 Å². The van der Waals surface area contributed by atoms with Gasteiger partial charge in [0, 0.05) is 35.5 Å². The molecule has 0 radical (unpaired) electrons. The Kier molecular flexibility index (Phi) is 6.19. The Morgan fingerprint density at radius 3 is 2.80 bits per heavy atom. The predicted octanol–water partition coefficient (Wildman–Crippen LogP) is 4.95. The number of hydrogen-bond acceptors (Lipinski definition) is 3. The first kappa shape index (κ1) is 21.4. The predicted molar refractivity (Wildman–Crippen MR) is 122 cm³/mol. The van der Waals surface area contributed by atoms with Crippen LogP contribution in [0.4, 0.5) is 5.69 Å². The van der Waals surface area contributed by atoms with Crippen LogP contribution in [0.25, 0.3) is 0 Å². The summed E-state index contributed by atoms with van der Waals surface area (Å²) in [5, 5.41) is 14.7. The van der Waals surface area contributed by atoms with E-state index in [2.05, 4.69) is 54.4 Å². The maximum absolute atomic E-state index is 12.3. The highest BCUT2D eigenvalue weighted by atomic mass is 35.5. The molecule has 30 heavy (non-hydrogen) atoms. The lowest BCUT2D eigenvalue weighted by molar-refractivity contribution is -0.117. The Balaban J connectivity index is 1.49. The van der Waals surface area contributed by atoms with E-state index in [9.17, 15) is 9.90 Å². The zero-order chi connectivity index (χ0) is 21.3. The second-order valence-electron chi connectivity index (χ2n) is 9.50. The number of β-amino-alcohol motifs (C(OH)–C–C–N with tert-alkyl or cyclic N) is 1. The largest absolute Gasteiger partial charge is 0.387 e. The summed E-state index contributed by atoms with van der Waals surface area (Å²) in [6, 6.07) is 14.3. The fourth-order valence-corrected chi connectivity index (χ4v) is 5.24. The Morgan fingerprint density at radius 1 is 1.27 bits per heavy atom. The van der Waals surface area contributed by atoms with Crippen molar-refractivity contribution in [3.05, 3.63) is 64.2 Å². The minimum absolute atomic E-state index is 0.0100. The summed E-state index contributed by atoms with van der Waals surface area (Å²) in [5.74, 6) is 0.587. The minimum atomic E-state index is -0.692. The molecule has 1 fully saturated rings. The van der Waals surface area contributed by atoms with Gasteiger partial charge >= 0.3 is 0 Å². The van der Waals surface area contributed by atoms with Gasteiger partial charge in [0.1, 0.15) is 0 Å². The van der Waals surface area contributed by atoms with E-state index in [1.165, 1.54) is 12.0 Å². The smallest absolute Gasteiger partial charge is 0.225 e. The molecule has 2 unspecified atom stereocenters. The fraction of sp³-hybridized carbons (Fsp3) is 0.480. The summed E-state index contributed by atoms with van der Waals surface area (Å²) in [6.45, 7) is 6.62. The number of rotatable bonds is 5. The number of benzene rings is 2. The topological polar surface area (TPSA) is 52.6 Å². The molecule has 2 aromatic rings. The van der Waals surface area contributed by atoms with Crippen LogP contribution in [0.15, 0.2) is 42.5 Å². The maximum atomic E-state index is 12.3. The number of nitrogens with zero attached hydrogens (tertiary/aromatic N) is 1. The van der Waals surface area contributed by atoms with Gasteiger partial charge in [0.15, 0.2) is 0 Å². The molecule has 160 valence electrons. The number of aliphatic hydroxyl groups is 1. The third kappa shape index (κ3) is 4.72. The lowest BCUT2D eigenvalue weighted by Crippen LogP contribution is -2.39. The monoisotopic (exact) mass is 426 g/mol. The van der Waals surface area contributed by atoms with Gasteiger partial charge in [-0.2, -0.15) is 0 Å². The van der Waals surface area contributed by atoms with Crippen molar-refractivity contribution in [2.75, 3.05) is 25.0 Å². The number of carbonyl (C=O) groups is 1. The van der Waals surface area contributed by atoms with Crippen molar-refractivity contribution < 1.29 is 9.90 Å². The zero-order valence-corrected chi connectivity index (χ0v) is 18.6. The molecule has 2 aliphatic rings. The number of anilines is 1. The molecule has 1 amide bonds. The van der Waals surface area contributed by atoms with Crippen LogP contribution in [0.5, 0.6) is 0 Å². The molecule has 0 aromatic heterocycles. The zero-order valence-electron chi connectivity index (χ0n) is 17.8. The molecule has 5 heteroatoms. The highest BCUT2D eigenvalue weighted by Crippen LogP contribution is 2.42. The first-order valence-electron chi connectivity index (χ1n) is 10.9. The first-order chi connectivity index (χ1) is 14.3. The van der Waals surface area contributed by atoms with Crippen molar-refractivity contribution in [1.82, 2.24) is 4.90 Å². The standard InChI is InChI=1S/C25H31ClN2O2/c1-25(2)14-23(30)27-24-20(12-19(26)13-21(24)25)22(29)16-28-10-6-9-18(15-28)11-17-7-4-3-5-8-17/h3-5,7-8,12-13,18,22,29H,6,9-11,14-16H2,1-2H3,(H,27,30). The summed E-state index contributed by atoms with van der Waals surface area (Å²) in [7, 11) is 0. The molecule has 0 saturated carbocycles. The average molecular weight is 427 g/mol. The number of likely N-dealkylation sites (tertiary alicyclic amines) is 1. The maximum Gasteiger partial charge on any atom is 0.225 e. The molecule has 2 N–H and O–H groups in total. The van der Waals surface area contributed by atoms with Gasteiger partial charge in [-0.05, 0) is 55.0 Å². The third-order valence-corrected chi connectivity index (χ3v) is 6.71. The van der Waals surface area contributed by atoms with E-state index >= 15 is 0 Å². The van der Waals surface area contributed by atoms with Gasteiger partial charge in [-0.15, -0.1) is 0 Å². The van der Waals surface area contributed by atoms with E-state index in [4.69, 9.17) is 11.6 Å². The number of piperidine rings is 1. The third-order valence-electron chi connectivity index (χ3n) is 6.49. The summed E-state index contributed by atoms with van der Waals surface area (Å²) in [5.41, 5.74) is 3.54. The van der Waals surface area contributed by atoms with Crippen molar-refractivity contribution in [1.29, 1.82) is 0 Å². The first-order valence-corrected chi connectivity index (χ1v) is 11.3. The lowest BCUT2D eigenvalue weighted by atomic mass is 9.76. The van der Waals surface area contributed by atoms with Gasteiger partial charge in [-0.1, -0.05) is 55.8 Å². The van der Waals surface area contributed by atoms with Crippen LogP contribution < -0.4 is 5.32 Å². The van der Waals surface area contributed by atoms with Crippen molar-refractivity contribution in [2.45, 2.75) is 51.0 Å². The second-order valence-corrected chi connectivity index (χ2v) is 9.94. The Bertz CT molecular complexity index is 913. The van der Waals surface area contributed by atoms with E-state index in [1.54, 1.807) is 6.07 Å². The van der Waals surface area contributed by atoms with Crippen LogP contribution in [-0.4, -0.2) is 35.5 Å². The van der Waals surface area contributed by atoms with Crippen LogP contribution in [0.2, 0.25) is 5.02 Å². The van der Waals surface area contributed by atoms with Crippen molar-refractivity contribution in [3.8, 4) is 0 Å². The molecule has 2 atom stereocenters. The van der Waals surface area contributed by atoms with Crippen LogP contribution in [0.1, 0.15) is 55.9 Å². The molecule has 4 rings (SSSR count). The van der Waals surface area contributed by atoms with Crippen molar-refractivity contribution >= 4 is 23.2 Å². The quantitative estimate of drug-likeness (QED) is 0.711. The molecule has 1 saturated heterocycles. The molecule has 2 aliphatic heterocycles. The van der Waals surface area contributed by atoms with Gasteiger partial charge in [0.05, 0.1) is 11.8 Å². The van der Waals surface area contributed by atoms with Crippen LogP contribution in [0, 0.1) is 5.92 Å². The summed E-state index contributed by atoms with van der Waals surface area (Å²) < 4.78 is 0. The molecule has 0 bridgehead atoms. The van der Waals surface area contributed by atoms with Crippen molar-refractivity contribution in [3.63, 3.8) is 0 Å². The molecule has 4 nitrogen and oxygen atoms in total. The van der Waals surface area contributed by atoms with Gasteiger partial charge in [-0.25, -0.2) is 0 Å². The van der Waals surface area contributed by atoms with Gasteiger partial charge in [-0.3, -0.25) is 4.79 Å². The molecule has 2 heterocycles. The summed E-state index contributed by atoms with van der Waals surface area (Å²) in [4.78, 5) is 14.6. The molecule has 0 spiro atoms. The average Bonchev–Trinajstić information content (AvgIpc) is 2.69. The van der Waals surface area contributed by atoms with Gasteiger partial charge < -0.3 is 15.3 Å².